The molecular formula is C16H21F2O5-. The van der Waals surface area contributed by atoms with Crippen LogP contribution in [0.15, 0.2) is 0 Å². The molecule has 3 rings (SSSR count). The molecule has 4 atom stereocenters. The minimum Gasteiger partial charge on any atom is -0.542 e. The molecule has 130 valence electrons. The number of hydrogen-bond acceptors (Lipinski definition) is 5. The third-order valence-corrected chi connectivity index (χ3v) is 5.47. The molecular weight excluding hydrogens is 310 g/mol. The van der Waals surface area contributed by atoms with E-state index in [1.807, 2.05) is 0 Å². The highest BCUT2D eigenvalue weighted by Crippen LogP contribution is 2.51. The van der Waals surface area contributed by atoms with E-state index in [0.29, 0.717) is 12.8 Å². The molecule has 7 heteroatoms. The molecule has 0 spiro atoms. The van der Waals surface area contributed by atoms with Crippen LogP contribution < -0.4 is 5.11 Å². The highest BCUT2D eigenvalue weighted by atomic mass is 19.3. The van der Waals surface area contributed by atoms with Crippen LogP contribution >= 0.6 is 0 Å². The molecule has 0 aliphatic heterocycles. The molecule has 0 amide bonds. The summed E-state index contributed by atoms with van der Waals surface area (Å²) in [5.74, 6) is -4.14. The number of rotatable bonds is 5. The van der Waals surface area contributed by atoms with E-state index in [0.717, 1.165) is 38.5 Å². The lowest BCUT2D eigenvalue weighted by Gasteiger charge is -2.33. The Morgan fingerprint density at radius 2 is 1.65 bits per heavy atom. The highest BCUT2D eigenvalue weighted by molar-refractivity contribution is 5.75. The molecule has 0 aromatic rings. The first-order chi connectivity index (χ1) is 10.9. The van der Waals surface area contributed by atoms with Gasteiger partial charge >= 0.3 is 12.1 Å². The number of carboxylic acids is 1. The van der Waals surface area contributed by atoms with Crippen molar-refractivity contribution in [2.75, 3.05) is 0 Å². The molecule has 0 aromatic carbocycles. The smallest absolute Gasteiger partial charge is 0.397 e. The van der Waals surface area contributed by atoms with Crippen LogP contribution in [0, 0.1) is 17.8 Å². The van der Waals surface area contributed by atoms with Gasteiger partial charge in [0.1, 0.15) is 12.1 Å². The summed E-state index contributed by atoms with van der Waals surface area (Å²) in [6, 6.07) is 0. The standard InChI is InChI=1S/C16H22F2O5/c17-16(18,15(20)21)23-13-10-7-6-9(8-10)12(13)14(19)22-11-4-2-1-3-5-11/h9-13H,1-8H2,(H,20,21)/p-1. The molecule has 5 nitrogen and oxygen atoms in total. The van der Waals surface area contributed by atoms with Gasteiger partial charge in [0.05, 0.1) is 12.0 Å². The third kappa shape index (κ3) is 3.34. The SMILES string of the molecule is O=C(OC1CCCCC1)C1C2CCC(C2)C1OC(F)(F)C(=O)[O-]. The summed E-state index contributed by atoms with van der Waals surface area (Å²) in [6.07, 6.45) is 1.13. The van der Waals surface area contributed by atoms with Crippen molar-refractivity contribution in [2.24, 2.45) is 17.8 Å². The normalized spacial score (nSPS) is 34.5. The lowest BCUT2D eigenvalue weighted by atomic mass is 9.86. The van der Waals surface area contributed by atoms with E-state index in [-0.39, 0.29) is 17.9 Å². The maximum atomic E-state index is 13.4. The number of carboxylic acid groups (broad SMARTS) is 1. The molecule has 4 unspecified atom stereocenters. The Kier molecular flexibility index (Phi) is 4.58. The van der Waals surface area contributed by atoms with Crippen molar-refractivity contribution in [3.8, 4) is 0 Å². The zero-order valence-electron chi connectivity index (χ0n) is 12.8. The van der Waals surface area contributed by atoms with Gasteiger partial charge in [0.2, 0.25) is 0 Å². The maximum Gasteiger partial charge on any atom is 0.397 e. The number of halogens is 2. The van der Waals surface area contributed by atoms with E-state index in [4.69, 9.17) is 4.74 Å². The van der Waals surface area contributed by atoms with Crippen LogP contribution in [0.3, 0.4) is 0 Å². The van der Waals surface area contributed by atoms with Gasteiger partial charge in [-0.3, -0.25) is 4.79 Å². The molecule has 3 saturated carbocycles. The number of fused-ring (bicyclic) bond motifs is 2. The van der Waals surface area contributed by atoms with Crippen molar-refractivity contribution in [1.82, 2.24) is 0 Å². The van der Waals surface area contributed by atoms with Crippen LogP contribution in [0.1, 0.15) is 51.4 Å². The fourth-order valence-corrected chi connectivity index (χ4v) is 4.38. The van der Waals surface area contributed by atoms with Crippen molar-refractivity contribution in [3.63, 3.8) is 0 Å². The van der Waals surface area contributed by atoms with E-state index < -0.39 is 30.1 Å². The lowest BCUT2D eigenvalue weighted by molar-refractivity contribution is -0.371. The topological polar surface area (TPSA) is 75.7 Å². The molecule has 2 bridgehead atoms. The van der Waals surface area contributed by atoms with Crippen molar-refractivity contribution < 1.29 is 33.0 Å². The highest BCUT2D eigenvalue weighted by Gasteiger charge is 2.55. The number of ether oxygens (including phenoxy) is 2. The van der Waals surface area contributed by atoms with E-state index in [9.17, 15) is 23.5 Å². The molecule has 0 saturated heterocycles. The average Bonchev–Trinajstić information content (AvgIpc) is 3.08. The number of carbonyl (C=O) groups excluding carboxylic acids is 2. The van der Waals surface area contributed by atoms with E-state index in [1.54, 1.807) is 0 Å². The van der Waals surface area contributed by atoms with Crippen LogP contribution in [0.5, 0.6) is 0 Å². The Hall–Kier alpha value is -1.24. The average molecular weight is 331 g/mol. The van der Waals surface area contributed by atoms with Crippen LogP contribution in [0.4, 0.5) is 8.78 Å². The maximum absolute atomic E-state index is 13.4. The minimum absolute atomic E-state index is 0.0568. The summed E-state index contributed by atoms with van der Waals surface area (Å²) in [5, 5.41) is 10.5. The second kappa shape index (κ2) is 6.34. The van der Waals surface area contributed by atoms with Gasteiger partial charge in [-0.1, -0.05) is 6.42 Å². The fourth-order valence-electron chi connectivity index (χ4n) is 4.38. The van der Waals surface area contributed by atoms with Gasteiger partial charge in [-0.05, 0) is 56.8 Å². The van der Waals surface area contributed by atoms with Crippen LogP contribution in [0.2, 0.25) is 0 Å². The predicted molar refractivity (Wildman–Crippen MR) is 72.1 cm³/mol. The Balaban J connectivity index is 1.68. The van der Waals surface area contributed by atoms with Crippen LogP contribution in [0.25, 0.3) is 0 Å². The molecule has 23 heavy (non-hydrogen) atoms. The van der Waals surface area contributed by atoms with Crippen molar-refractivity contribution >= 4 is 11.9 Å². The minimum atomic E-state index is -4.38. The number of esters is 1. The molecule has 3 fully saturated rings. The molecule has 0 heterocycles. The first-order valence-electron chi connectivity index (χ1n) is 8.36. The van der Waals surface area contributed by atoms with Gasteiger partial charge < -0.3 is 19.4 Å². The molecule has 3 aliphatic carbocycles. The van der Waals surface area contributed by atoms with Crippen LogP contribution in [-0.2, 0) is 19.1 Å². The summed E-state index contributed by atoms with van der Waals surface area (Å²) in [5.41, 5.74) is 0. The van der Waals surface area contributed by atoms with Gasteiger partial charge in [-0.2, -0.15) is 8.78 Å². The number of carbonyl (C=O) groups is 2. The van der Waals surface area contributed by atoms with E-state index in [2.05, 4.69) is 4.74 Å². The van der Waals surface area contributed by atoms with Crippen molar-refractivity contribution in [3.05, 3.63) is 0 Å². The second-order valence-electron chi connectivity index (χ2n) is 6.94. The van der Waals surface area contributed by atoms with Gasteiger partial charge in [0.25, 0.3) is 0 Å². The van der Waals surface area contributed by atoms with Crippen LogP contribution in [-0.4, -0.2) is 30.3 Å². The van der Waals surface area contributed by atoms with E-state index in [1.165, 1.54) is 0 Å². The third-order valence-electron chi connectivity index (χ3n) is 5.47. The number of hydrogen-bond donors (Lipinski definition) is 0. The first-order valence-corrected chi connectivity index (χ1v) is 8.36. The number of alkyl halides is 2. The Labute approximate surface area is 133 Å². The summed E-state index contributed by atoms with van der Waals surface area (Å²) >= 11 is 0. The Morgan fingerprint density at radius 1 is 1.00 bits per heavy atom. The van der Waals surface area contributed by atoms with Gasteiger partial charge in [-0.15, -0.1) is 0 Å². The zero-order valence-corrected chi connectivity index (χ0v) is 12.8. The summed E-state index contributed by atoms with van der Waals surface area (Å²) < 4.78 is 36.8. The molecule has 0 radical (unpaired) electrons. The molecule has 0 N–H and O–H groups in total. The quantitative estimate of drug-likeness (QED) is 0.716. The second-order valence-corrected chi connectivity index (χ2v) is 6.94. The Bertz CT molecular complexity index is 475. The zero-order chi connectivity index (χ0) is 16.6. The Morgan fingerprint density at radius 3 is 2.30 bits per heavy atom. The summed E-state index contributed by atoms with van der Waals surface area (Å²) in [4.78, 5) is 23.0. The monoisotopic (exact) mass is 331 g/mol. The van der Waals surface area contributed by atoms with Gasteiger partial charge in [-0.25, -0.2) is 0 Å². The molecule has 0 aromatic heterocycles. The van der Waals surface area contributed by atoms with Gasteiger partial charge in [0.15, 0.2) is 0 Å². The van der Waals surface area contributed by atoms with Crippen molar-refractivity contribution in [2.45, 2.75) is 69.7 Å². The summed E-state index contributed by atoms with van der Waals surface area (Å²) in [7, 11) is 0. The largest absolute Gasteiger partial charge is 0.542 e. The summed E-state index contributed by atoms with van der Waals surface area (Å²) in [6.45, 7) is 0. The fraction of sp³-hybridized carbons (Fsp3) is 0.875. The predicted octanol–water partition coefficient (Wildman–Crippen LogP) is 1.64. The van der Waals surface area contributed by atoms with E-state index >= 15 is 0 Å². The van der Waals surface area contributed by atoms with Crippen molar-refractivity contribution in [1.29, 1.82) is 0 Å². The molecule has 3 aliphatic rings. The first kappa shape index (κ1) is 16.6. The lowest BCUT2D eigenvalue weighted by Crippen LogP contribution is -2.49. The van der Waals surface area contributed by atoms with Gasteiger partial charge in [0, 0.05) is 0 Å². The number of aliphatic carboxylic acids is 1.